The lowest BCUT2D eigenvalue weighted by molar-refractivity contribution is -0.137. The van der Waals surface area contributed by atoms with Gasteiger partial charge in [-0.3, -0.25) is 4.79 Å². The highest BCUT2D eigenvalue weighted by atomic mass is 19.1. The van der Waals surface area contributed by atoms with Crippen molar-refractivity contribution in [2.24, 2.45) is 0 Å². The lowest BCUT2D eigenvalue weighted by Crippen LogP contribution is -1.94. The first-order chi connectivity index (χ1) is 9.15. The molecule has 100 valence electrons. The van der Waals surface area contributed by atoms with Crippen LogP contribution in [0.5, 0.6) is 0 Å². The largest absolute Gasteiger partial charge is 0.481 e. The van der Waals surface area contributed by atoms with Crippen molar-refractivity contribution in [3.63, 3.8) is 0 Å². The van der Waals surface area contributed by atoms with Crippen molar-refractivity contribution in [1.82, 2.24) is 4.98 Å². The van der Waals surface area contributed by atoms with Crippen LogP contribution in [0, 0.1) is 5.82 Å². The zero-order chi connectivity index (χ0) is 13.7. The van der Waals surface area contributed by atoms with E-state index in [9.17, 15) is 9.18 Å². The summed E-state index contributed by atoms with van der Waals surface area (Å²) in [6.07, 6.45) is 3.68. The number of nitrogens with zero attached hydrogens (tertiary/aromatic N) is 1. The molecule has 0 radical (unpaired) electrons. The second kappa shape index (κ2) is 6.13. The van der Waals surface area contributed by atoms with Crippen molar-refractivity contribution < 1.29 is 18.7 Å². The van der Waals surface area contributed by atoms with Crippen LogP contribution in [-0.4, -0.2) is 16.1 Å². The maximum atomic E-state index is 12.8. The Morgan fingerprint density at radius 2 is 2.00 bits per heavy atom. The molecule has 0 saturated heterocycles. The number of aliphatic carboxylic acids is 1. The van der Waals surface area contributed by atoms with Gasteiger partial charge in [0.05, 0.1) is 6.20 Å². The van der Waals surface area contributed by atoms with Crippen molar-refractivity contribution in [2.45, 2.75) is 25.7 Å². The van der Waals surface area contributed by atoms with Gasteiger partial charge in [-0.05, 0) is 37.1 Å². The van der Waals surface area contributed by atoms with E-state index in [0.717, 1.165) is 12.0 Å². The number of oxazole rings is 1. The van der Waals surface area contributed by atoms with Gasteiger partial charge in [0.1, 0.15) is 5.82 Å². The standard InChI is InChI=1S/C14H14FNO3/c15-11-7-5-10(6-8-11)12-9-16-13(19-12)3-1-2-4-14(17)18/h5-9H,1-4H2,(H,17,18). The minimum atomic E-state index is -0.792. The maximum Gasteiger partial charge on any atom is 0.303 e. The normalized spacial score (nSPS) is 10.6. The topological polar surface area (TPSA) is 63.3 Å². The fraction of sp³-hybridized carbons (Fsp3) is 0.286. The van der Waals surface area contributed by atoms with Gasteiger partial charge in [0.25, 0.3) is 0 Å². The average molecular weight is 263 g/mol. The average Bonchev–Trinajstić information content (AvgIpc) is 2.84. The van der Waals surface area contributed by atoms with Crippen LogP contribution in [-0.2, 0) is 11.2 Å². The molecule has 0 saturated carbocycles. The third kappa shape index (κ3) is 3.91. The molecule has 1 aromatic heterocycles. The molecule has 0 aliphatic heterocycles. The Kier molecular flexibility index (Phi) is 4.28. The summed E-state index contributed by atoms with van der Waals surface area (Å²) in [7, 11) is 0. The van der Waals surface area contributed by atoms with Crippen LogP contribution in [0.25, 0.3) is 11.3 Å². The zero-order valence-electron chi connectivity index (χ0n) is 10.3. The number of hydrogen-bond donors (Lipinski definition) is 1. The van der Waals surface area contributed by atoms with Crippen LogP contribution in [0.1, 0.15) is 25.2 Å². The van der Waals surface area contributed by atoms with E-state index in [-0.39, 0.29) is 12.2 Å². The van der Waals surface area contributed by atoms with Gasteiger partial charge in [0, 0.05) is 18.4 Å². The summed E-state index contributed by atoms with van der Waals surface area (Å²) in [5, 5.41) is 8.52. The van der Waals surface area contributed by atoms with E-state index < -0.39 is 5.97 Å². The van der Waals surface area contributed by atoms with Crippen molar-refractivity contribution in [3.05, 3.63) is 42.2 Å². The molecule has 1 heterocycles. The highest BCUT2D eigenvalue weighted by Gasteiger charge is 2.07. The van der Waals surface area contributed by atoms with Gasteiger partial charge in [0.15, 0.2) is 11.7 Å². The van der Waals surface area contributed by atoms with Crippen LogP contribution >= 0.6 is 0 Å². The van der Waals surface area contributed by atoms with E-state index in [4.69, 9.17) is 9.52 Å². The number of hydrogen-bond acceptors (Lipinski definition) is 3. The Labute approximate surface area is 109 Å². The van der Waals surface area contributed by atoms with E-state index in [1.807, 2.05) is 0 Å². The predicted molar refractivity (Wildman–Crippen MR) is 67.1 cm³/mol. The number of aromatic nitrogens is 1. The van der Waals surface area contributed by atoms with Crippen molar-refractivity contribution in [3.8, 4) is 11.3 Å². The minimum Gasteiger partial charge on any atom is -0.481 e. The number of aryl methyl sites for hydroxylation is 1. The van der Waals surface area contributed by atoms with Gasteiger partial charge in [-0.25, -0.2) is 9.37 Å². The third-order valence-corrected chi connectivity index (χ3v) is 2.71. The summed E-state index contributed by atoms with van der Waals surface area (Å²) in [6.45, 7) is 0. The molecule has 19 heavy (non-hydrogen) atoms. The molecular formula is C14H14FNO3. The van der Waals surface area contributed by atoms with Crippen molar-refractivity contribution in [1.29, 1.82) is 0 Å². The van der Waals surface area contributed by atoms with Gasteiger partial charge >= 0.3 is 5.97 Å². The Bertz CT molecular complexity index is 548. The third-order valence-electron chi connectivity index (χ3n) is 2.71. The summed E-state index contributed by atoms with van der Waals surface area (Å²) < 4.78 is 18.3. The van der Waals surface area contributed by atoms with E-state index >= 15 is 0 Å². The number of benzene rings is 1. The maximum absolute atomic E-state index is 12.8. The molecule has 0 aliphatic rings. The summed E-state index contributed by atoms with van der Waals surface area (Å²) >= 11 is 0. The van der Waals surface area contributed by atoms with Crippen LogP contribution < -0.4 is 0 Å². The van der Waals surface area contributed by atoms with Gasteiger partial charge < -0.3 is 9.52 Å². The predicted octanol–water partition coefficient (Wildman–Crippen LogP) is 3.28. The summed E-state index contributed by atoms with van der Waals surface area (Å²) in [5.41, 5.74) is 0.769. The van der Waals surface area contributed by atoms with E-state index in [2.05, 4.69) is 4.98 Å². The first-order valence-electron chi connectivity index (χ1n) is 6.07. The Hall–Kier alpha value is -2.17. The molecule has 0 fully saturated rings. The number of carbonyl (C=O) groups is 1. The Morgan fingerprint density at radius 1 is 1.26 bits per heavy atom. The number of carboxylic acid groups (broad SMARTS) is 1. The van der Waals surface area contributed by atoms with Gasteiger partial charge in [-0.1, -0.05) is 0 Å². The monoisotopic (exact) mass is 263 g/mol. The molecular weight excluding hydrogens is 249 g/mol. The zero-order valence-corrected chi connectivity index (χ0v) is 10.3. The van der Waals surface area contributed by atoms with E-state index in [1.54, 1.807) is 18.3 Å². The molecule has 0 spiro atoms. The molecule has 0 unspecified atom stereocenters. The smallest absolute Gasteiger partial charge is 0.303 e. The van der Waals surface area contributed by atoms with Crippen molar-refractivity contribution >= 4 is 5.97 Å². The number of rotatable bonds is 6. The second-order valence-corrected chi connectivity index (χ2v) is 4.23. The van der Waals surface area contributed by atoms with Crippen LogP contribution in [0.4, 0.5) is 4.39 Å². The van der Waals surface area contributed by atoms with E-state index in [0.29, 0.717) is 24.5 Å². The molecule has 2 rings (SSSR count). The number of halogens is 1. The van der Waals surface area contributed by atoms with Crippen LogP contribution in [0.15, 0.2) is 34.9 Å². The molecule has 2 aromatic rings. The van der Waals surface area contributed by atoms with Gasteiger partial charge in [0.2, 0.25) is 0 Å². The quantitative estimate of drug-likeness (QED) is 0.812. The Morgan fingerprint density at radius 3 is 2.68 bits per heavy atom. The molecule has 0 atom stereocenters. The van der Waals surface area contributed by atoms with Gasteiger partial charge in [-0.2, -0.15) is 0 Å². The second-order valence-electron chi connectivity index (χ2n) is 4.23. The fourth-order valence-electron chi connectivity index (χ4n) is 1.73. The highest BCUT2D eigenvalue weighted by Crippen LogP contribution is 2.21. The van der Waals surface area contributed by atoms with Crippen LogP contribution in [0.3, 0.4) is 0 Å². The van der Waals surface area contributed by atoms with Gasteiger partial charge in [-0.15, -0.1) is 0 Å². The van der Waals surface area contributed by atoms with E-state index in [1.165, 1.54) is 12.1 Å². The lowest BCUT2D eigenvalue weighted by Gasteiger charge is -1.96. The lowest BCUT2D eigenvalue weighted by atomic mass is 10.2. The molecule has 0 amide bonds. The summed E-state index contributed by atoms with van der Waals surface area (Å²) in [4.78, 5) is 14.5. The molecule has 1 aromatic carbocycles. The Balaban J connectivity index is 1.91. The number of unbranched alkanes of at least 4 members (excludes halogenated alkanes) is 1. The minimum absolute atomic E-state index is 0.158. The molecule has 4 nitrogen and oxygen atoms in total. The number of carboxylic acids is 1. The fourth-order valence-corrected chi connectivity index (χ4v) is 1.73. The summed E-state index contributed by atoms with van der Waals surface area (Å²) in [6, 6.07) is 5.99. The highest BCUT2D eigenvalue weighted by molar-refractivity contribution is 5.66. The molecule has 5 heteroatoms. The first kappa shape index (κ1) is 13.3. The van der Waals surface area contributed by atoms with Crippen molar-refractivity contribution in [2.75, 3.05) is 0 Å². The first-order valence-corrected chi connectivity index (χ1v) is 6.07. The SMILES string of the molecule is O=C(O)CCCCc1ncc(-c2ccc(F)cc2)o1. The molecule has 0 aliphatic carbocycles. The molecule has 0 bridgehead atoms. The molecule has 1 N–H and O–H groups in total. The van der Waals surface area contributed by atoms with Crippen LogP contribution in [0.2, 0.25) is 0 Å². The summed E-state index contributed by atoms with van der Waals surface area (Å²) in [5.74, 6) is 0.0783.